The highest BCUT2D eigenvalue weighted by Crippen LogP contribution is 2.30. The van der Waals surface area contributed by atoms with Crippen LogP contribution in [-0.2, 0) is 4.79 Å². The first kappa shape index (κ1) is 21.9. The first-order chi connectivity index (χ1) is 13.4. The average Bonchev–Trinajstić information content (AvgIpc) is 3.17. The van der Waals surface area contributed by atoms with Crippen LogP contribution in [0, 0.1) is 17.7 Å². The second-order valence-electron chi connectivity index (χ2n) is 6.81. The Morgan fingerprint density at radius 3 is 2.61 bits per heavy atom. The molecule has 28 heavy (non-hydrogen) atoms. The van der Waals surface area contributed by atoms with Crippen LogP contribution in [0.4, 0.5) is 20.8 Å². The fourth-order valence-electron chi connectivity index (χ4n) is 3.23. The molecule has 1 fully saturated rings. The first-order valence-electron chi connectivity index (χ1n) is 9.40. The highest BCUT2D eigenvalue weighted by Gasteiger charge is 2.26. The molecule has 9 nitrogen and oxygen atoms in total. The molecular formula is C17H26ClFN6O3. The van der Waals surface area contributed by atoms with Crippen molar-refractivity contribution >= 4 is 35.2 Å². The third-order valence-corrected chi connectivity index (χ3v) is 4.80. The summed E-state index contributed by atoms with van der Waals surface area (Å²) in [7, 11) is 0. The van der Waals surface area contributed by atoms with Crippen LogP contribution in [-0.4, -0.2) is 40.2 Å². The van der Waals surface area contributed by atoms with E-state index < -0.39 is 23.7 Å². The third-order valence-electron chi connectivity index (χ3n) is 4.63. The highest BCUT2D eigenvalue weighted by atomic mass is 35.5. The molecule has 1 aromatic rings. The maximum atomic E-state index is 14.5. The minimum Gasteiger partial charge on any atom is -0.465 e. The van der Waals surface area contributed by atoms with Crippen LogP contribution in [0.2, 0.25) is 5.28 Å². The van der Waals surface area contributed by atoms with E-state index in [4.69, 9.17) is 16.7 Å². The van der Waals surface area contributed by atoms with Crippen LogP contribution in [0.3, 0.4) is 0 Å². The van der Waals surface area contributed by atoms with Gasteiger partial charge in [0.1, 0.15) is 0 Å². The molecule has 5 N–H and O–H groups in total. The van der Waals surface area contributed by atoms with Crippen LogP contribution in [0.15, 0.2) is 0 Å². The SMILES string of the molecule is CCCNc1nc(Cl)nc(NNC(=O)[C@@H](CNC(=O)O)CC2CCCC2)c1F. The summed E-state index contributed by atoms with van der Waals surface area (Å²) >= 11 is 5.82. The zero-order valence-electron chi connectivity index (χ0n) is 15.7. The molecule has 0 radical (unpaired) electrons. The van der Waals surface area contributed by atoms with Gasteiger partial charge in [-0.25, -0.2) is 4.79 Å². The molecule has 2 amide bonds. The predicted molar refractivity (Wildman–Crippen MR) is 104 cm³/mol. The Morgan fingerprint density at radius 1 is 1.29 bits per heavy atom. The second-order valence-corrected chi connectivity index (χ2v) is 7.15. The Bertz CT molecular complexity index is 687. The summed E-state index contributed by atoms with van der Waals surface area (Å²) in [5, 5.41) is 13.7. The number of hydrogen-bond donors (Lipinski definition) is 5. The first-order valence-corrected chi connectivity index (χ1v) is 9.78. The van der Waals surface area contributed by atoms with Gasteiger partial charge in [0.25, 0.3) is 0 Å². The molecule has 1 atom stereocenters. The molecule has 1 saturated carbocycles. The number of halogens is 2. The van der Waals surface area contributed by atoms with Crippen molar-refractivity contribution in [1.82, 2.24) is 20.7 Å². The summed E-state index contributed by atoms with van der Waals surface area (Å²) < 4.78 is 14.5. The Labute approximate surface area is 167 Å². The number of hydrogen-bond acceptors (Lipinski definition) is 6. The van der Waals surface area contributed by atoms with E-state index in [-0.39, 0.29) is 23.5 Å². The molecular weight excluding hydrogens is 391 g/mol. The van der Waals surface area contributed by atoms with Gasteiger partial charge >= 0.3 is 6.09 Å². The molecule has 1 aliphatic rings. The Kier molecular flexibility index (Phi) is 8.49. The van der Waals surface area contributed by atoms with Crippen LogP contribution in [0.5, 0.6) is 0 Å². The fourth-order valence-corrected chi connectivity index (χ4v) is 3.40. The van der Waals surface area contributed by atoms with Crippen molar-refractivity contribution in [2.75, 3.05) is 23.8 Å². The number of rotatable bonds is 10. The van der Waals surface area contributed by atoms with E-state index in [0.29, 0.717) is 18.9 Å². The van der Waals surface area contributed by atoms with Gasteiger partial charge in [-0.3, -0.25) is 15.6 Å². The fraction of sp³-hybridized carbons (Fsp3) is 0.647. The van der Waals surface area contributed by atoms with Crippen LogP contribution in [0.1, 0.15) is 45.4 Å². The molecule has 11 heteroatoms. The lowest BCUT2D eigenvalue weighted by atomic mass is 9.92. The van der Waals surface area contributed by atoms with Crippen molar-refractivity contribution in [3.05, 3.63) is 11.1 Å². The number of aromatic nitrogens is 2. The molecule has 0 bridgehead atoms. The molecule has 0 aromatic carbocycles. The zero-order chi connectivity index (χ0) is 20.5. The topological polar surface area (TPSA) is 128 Å². The van der Waals surface area contributed by atoms with E-state index in [9.17, 15) is 14.0 Å². The smallest absolute Gasteiger partial charge is 0.404 e. The van der Waals surface area contributed by atoms with Gasteiger partial charge in [-0.15, -0.1) is 0 Å². The van der Waals surface area contributed by atoms with Crippen molar-refractivity contribution in [2.45, 2.75) is 45.4 Å². The number of nitrogens with one attached hydrogen (secondary N) is 4. The second kappa shape index (κ2) is 10.8. The van der Waals surface area contributed by atoms with E-state index in [0.717, 1.165) is 32.1 Å². The highest BCUT2D eigenvalue weighted by molar-refractivity contribution is 6.28. The molecule has 156 valence electrons. The Morgan fingerprint density at radius 2 is 1.96 bits per heavy atom. The zero-order valence-corrected chi connectivity index (χ0v) is 16.5. The van der Waals surface area contributed by atoms with E-state index in [2.05, 4.69) is 31.5 Å². The number of carbonyl (C=O) groups is 2. The van der Waals surface area contributed by atoms with Gasteiger partial charge in [-0.2, -0.15) is 14.4 Å². The minimum absolute atomic E-state index is 0.0182. The summed E-state index contributed by atoms with van der Waals surface area (Å²) in [6.45, 7) is 2.40. The molecule has 0 saturated heterocycles. The van der Waals surface area contributed by atoms with E-state index in [1.807, 2.05) is 6.92 Å². The van der Waals surface area contributed by atoms with E-state index in [1.165, 1.54) is 0 Å². The van der Waals surface area contributed by atoms with Crippen LogP contribution < -0.4 is 21.5 Å². The number of amides is 2. The molecule has 1 aliphatic carbocycles. The summed E-state index contributed by atoms with van der Waals surface area (Å²) in [5.41, 5.74) is 4.85. The lowest BCUT2D eigenvalue weighted by Gasteiger charge is -2.20. The maximum Gasteiger partial charge on any atom is 0.404 e. The molecule has 0 aliphatic heterocycles. The van der Waals surface area contributed by atoms with Gasteiger partial charge < -0.3 is 15.7 Å². The van der Waals surface area contributed by atoms with Gasteiger partial charge in [-0.1, -0.05) is 32.6 Å². The van der Waals surface area contributed by atoms with E-state index >= 15 is 0 Å². The quantitative estimate of drug-likeness (QED) is 0.293. The van der Waals surface area contributed by atoms with Gasteiger partial charge in [0, 0.05) is 13.1 Å². The standard InChI is InChI=1S/C17H26ClFN6O3/c1-2-7-20-13-12(19)14(23-16(18)22-13)24-25-15(26)11(9-21-17(27)28)8-10-5-3-4-6-10/h10-11,21H,2-9H2,1H3,(H,25,26)(H,27,28)(H2,20,22,23,24)/t11-/m1/s1. The number of nitrogens with zero attached hydrogens (tertiary/aromatic N) is 2. The van der Waals surface area contributed by atoms with Crippen LogP contribution >= 0.6 is 11.6 Å². The largest absolute Gasteiger partial charge is 0.465 e. The third kappa shape index (κ3) is 6.66. The average molecular weight is 417 g/mol. The number of carboxylic acid groups (broad SMARTS) is 1. The minimum atomic E-state index is -1.20. The molecule has 0 spiro atoms. The molecule has 1 aromatic heterocycles. The summed E-state index contributed by atoms with van der Waals surface area (Å²) in [4.78, 5) is 30.9. The monoisotopic (exact) mass is 416 g/mol. The van der Waals surface area contributed by atoms with Crippen molar-refractivity contribution in [1.29, 1.82) is 0 Å². The molecule has 2 rings (SSSR count). The maximum absolute atomic E-state index is 14.5. The van der Waals surface area contributed by atoms with E-state index in [1.54, 1.807) is 0 Å². The van der Waals surface area contributed by atoms with Crippen molar-refractivity contribution in [3.63, 3.8) is 0 Å². The lowest BCUT2D eigenvalue weighted by molar-refractivity contribution is -0.124. The molecule has 1 heterocycles. The molecule has 0 unspecified atom stereocenters. The summed E-state index contributed by atoms with van der Waals surface area (Å²) in [5.74, 6) is -1.75. The van der Waals surface area contributed by atoms with Gasteiger partial charge in [0.05, 0.1) is 5.92 Å². The van der Waals surface area contributed by atoms with Crippen molar-refractivity contribution < 1.29 is 19.1 Å². The van der Waals surface area contributed by atoms with Gasteiger partial charge in [0.2, 0.25) is 17.0 Å². The number of hydrazine groups is 1. The predicted octanol–water partition coefficient (Wildman–Crippen LogP) is 3.00. The summed E-state index contributed by atoms with van der Waals surface area (Å²) in [6, 6.07) is 0. The van der Waals surface area contributed by atoms with Crippen molar-refractivity contribution in [3.8, 4) is 0 Å². The number of anilines is 2. The normalized spacial score (nSPS) is 15.1. The van der Waals surface area contributed by atoms with Crippen molar-refractivity contribution in [2.24, 2.45) is 11.8 Å². The van der Waals surface area contributed by atoms with Gasteiger partial charge in [-0.05, 0) is 30.4 Å². The van der Waals surface area contributed by atoms with Gasteiger partial charge in [0.15, 0.2) is 11.6 Å². The Hall–Kier alpha value is -2.36. The number of carbonyl (C=O) groups excluding carboxylic acids is 1. The Balaban J connectivity index is 2.01. The summed E-state index contributed by atoms with van der Waals surface area (Å²) in [6.07, 6.45) is 4.39. The van der Waals surface area contributed by atoms with Crippen LogP contribution in [0.25, 0.3) is 0 Å². The lowest BCUT2D eigenvalue weighted by Crippen LogP contribution is -2.41.